The highest BCUT2D eigenvalue weighted by Crippen LogP contribution is 2.27. The minimum absolute atomic E-state index is 0.0505. The summed E-state index contributed by atoms with van der Waals surface area (Å²) in [7, 11) is 0. The van der Waals surface area contributed by atoms with E-state index in [4.69, 9.17) is 27.6 Å². The van der Waals surface area contributed by atoms with E-state index in [0.29, 0.717) is 29.3 Å². The number of nitrogens with zero attached hydrogens (tertiary/aromatic N) is 2. The van der Waals surface area contributed by atoms with Gasteiger partial charge in [0.15, 0.2) is 0 Å². The number of anilines is 1. The van der Waals surface area contributed by atoms with Gasteiger partial charge in [-0.15, -0.1) is 16.7 Å². The van der Waals surface area contributed by atoms with Crippen LogP contribution in [0.2, 0.25) is 5.02 Å². The second kappa shape index (κ2) is 6.54. The zero-order valence-electron chi connectivity index (χ0n) is 9.90. The van der Waals surface area contributed by atoms with Crippen LogP contribution >= 0.6 is 23.2 Å². The number of rotatable bonds is 5. The van der Waals surface area contributed by atoms with Crippen molar-refractivity contribution in [2.45, 2.75) is 12.8 Å². The predicted molar refractivity (Wildman–Crippen MR) is 73.3 cm³/mol. The van der Waals surface area contributed by atoms with Crippen LogP contribution in [-0.2, 0) is 4.79 Å². The number of carbonyl (C=O) groups excluding carboxylic acids is 1. The first-order valence-electron chi connectivity index (χ1n) is 5.65. The lowest BCUT2D eigenvalue weighted by molar-refractivity contribution is -0.116. The van der Waals surface area contributed by atoms with Crippen LogP contribution in [0.5, 0.6) is 0 Å². The van der Waals surface area contributed by atoms with E-state index in [1.807, 2.05) is 6.07 Å². The van der Waals surface area contributed by atoms with Crippen molar-refractivity contribution in [3.63, 3.8) is 0 Å². The minimum Gasteiger partial charge on any atom is -0.403 e. The van der Waals surface area contributed by atoms with E-state index in [9.17, 15) is 4.79 Å². The van der Waals surface area contributed by atoms with Gasteiger partial charge in [0.05, 0.1) is 10.6 Å². The van der Waals surface area contributed by atoms with Crippen molar-refractivity contribution in [3.8, 4) is 11.5 Å². The molecular formula is C12H11Cl2N3O2. The van der Waals surface area contributed by atoms with Crippen LogP contribution in [-0.4, -0.2) is 22.0 Å². The van der Waals surface area contributed by atoms with Crippen molar-refractivity contribution in [3.05, 3.63) is 29.3 Å². The summed E-state index contributed by atoms with van der Waals surface area (Å²) in [4.78, 5) is 11.5. The lowest BCUT2D eigenvalue weighted by Crippen LogP contribution is -2.11. The highest BCUT2D eigenvalue weighted by molar-refractivity contribution is 6.33. The third-order valence-corrected chi connectivity index (χ3v) is 2.91. The molecule has 0 spiro atoms. The maximum atomic E-state index is 11.5. The molecule has 1 amide bonds. The van der Waals surface area contributed by atoms with Gasteiger partial charge in [0.1, 0.15) is 0 Å². The van der Waals surface area contributed by atoms with Crippen molar-refractivity contribution in [1.82, 2.24) is 10.2 Å². The fourth-order valence-electron chi connectivity index (χ4n) is 1.43. The summed E-state index contributed by atoms with van der Waals surface area (Å²) in [6.07, 6.45) is 0.909. The summed E-state index contributed by atoms with van der Waals surface area (Å²) in [5.74, 6) is 0.482. The SMILES string of the molecule is O=C(CCCCl)Nc1nnc(-c2ccccc2Cl)o1. The average Bonchev–Trinajstić information content (AvgIpc) is 2.85. The molecule has 1 aromatic heterocycles. The molecule has 1 heterocycles. The topological polar surface area (TPSA) is 68.0 Å². The van der Waals surface area contributed by atoms with Crippen LogP contribution in [0.4, 0.5) is 6.01 Å². The molecule has 19 heavy (non-hydrogen) atoms. The van der Waals surface area contributed by atoms with E-state index in [1.54, 1.807) is 18.2 Å². The Morgan fingerprint density at radius 3 is 2.84 bits per heavy atom. The highest BCUT2D eigenvalue weighted by Gasteiger charge is 2.13. The van der Waals surface area contributed by atoms with Gasteiger partial charge in [0.2, 0.25) is 5.91 Å². The Hall–Kier alpha value is -1.59. The lowest BCUT2D eigenvalue weighted by atomic mass is 10.2. The third kappa shape index (κ3) is 3.68. The number of benzene rings is 1. The number of alkyl halides is 1. The molecule has 0 unspecified atom stereocenters. The molecule has 0 radical (unpaired) electrons. The maximum Gasteiger partial charge on any atom is 0.322 e. The molecule has 0 saturated heterocycles. The molecule has 100 valence electrons. The van der Waals surface area contributed by atoms with Gasteiger partial charge in [-0.3, -0.25) is 10.1 Å². The first kappa shape index (κ1) is 13.8. The molecule has 5 nitrogen and oxygen atoms in total. The molecule has 1 aromatic carbocycles. The van der Waals surface area contributed by atoms with Crippen molar-refractivity contribution >= 4 is 35.1 Å². The quantitative estimate of drug-likeness (QED) is 0.860. The van der Waals surface area contributed by atoms with Gasteiger partial charge >= 0.3 is 6.01 Å². The Morgan fingerprint density at radius 1 is 1.32 bits per heavy atom. The molecule has 2 aromatic rings. The summed E-state index contributed by atoms with van der Waals surface area (Å²) in [5.41, 5.74) is 0.623. The molecular weight excluding hydrogens is 289 g/mol. The Morgan fingerprint density at radius 2 is 2.11 bits per heavy atom. The van der Waals surface area contributed by atoms with Crippen LogP contribution < -0.4 is 5.32 Å². The van der Waals surface area contributed by atoms with Crippen LogP contribution in [0.25, 0.3) is 11.5 Å². The fourth-order valence-corrected chi connectivity index (χ4v) is 1.78. The molecule has 0 atom stereocenters. The molecule has 0 aliphatic rings. The van der Waals surface area contributed by atoms with Gasteiger partial charge in [-0.2, -0.15) is 0 Å². The van der Waals surface area contributed by atoms with Gasteiger partial charge < -0.3 is 4.42 Å². The normalized spacial score (nSPS) is 10.4. The smallest absolute Gasteiger partial charge is 0.322 e. The second-order valence-corrected chi connectivity index (χ2v) is 4.52. The van der Waals surface area contributed by atoms with Crippen molar-refractivity contribution in [2.24, 2.45) is 0 Å². The number of halogens is 2. The standard InChI is InChI=1S/C12H11Cl2N3O2/c13-7-3-6-10(18)15-12-17-16-11(19-12)8-4-1-2-5-9(8)14/h1-2,4-5H,3,6-7H2,(H,15,17,18). The van der Waals surface area contributed by atoms with Crippen LogP contribution in [0, 0.1) is 0 Å². The molecule has 0 fully saturated rings. The van der Waals surface area contributed by atoms with Crippen molar-refractivity contribution in [2.75, 3.05) is 11.2 Å². The van der Waals surface area contributed by atoms with Crippen LogP contribution in [0.15, 0.2) is 28.7 Å². The zero-order valence-corrected chi connectivity index (χ0v) is 11.4. The van der Waals surface area contributed by atoms with Gasteiger partial charge in [-0.25, -0.2) is 0 Å². The zero-order chi connectivity index (χ0) is 13.7. The number of aromatic nitrogens is 2. The number of hydrogen-bond acceptors (Lipinski definition) is 4. The summed E-state index contributed by atoms with van der Waals surface area (Å²) in [6.45, 7) is 0. The summed E-state index contributed by atoms with van der Waals surface area (Å²) in [6, 6.07) is 7.14. The minimum atomic E-state index is -0.213. The molecule has 0 saturated carbocycles. The molecule has 7 heteroatoms. The van der Waals surface area contributed by atoms with Crippen LogP contribution in [0.1, 0.15) is 12.8 Å². The first-order chi connectivity index (χ1) is 9.20. The summed E-state index contributed by atoms with van der Waals surface area (Å²) in [5, 5.41) is 10.6. The van der Waals surface area contributed by atoms with E-state index in [1.165, 1.54) is 0 Å². The first-order valence-corrected chi connectivity index (χ1v) is 6.56. The second-order valence-electron chi connectivity index (χ2n) is 3.73. The number of carbonyl (C=O) groups is 1. The molecule has 1 N–H and O–H groups in total. The molecule has 2 rings (SSSR count). The Balaban J connectivity index is 2.07. The maximum absolute atomic E-state index is 11.5. The Labute approximate surface area is 119 Å². The fraction of sp³-hybridized carbons (Fsp3) is 0.250. The van der Waals surface area contributed by atoms with E-state index in [0.717, 1.165) is 0 Å². The number of nitrogens with one attached hydrogen (secondary N) is 1. The molecule has 0 aliphatic carbocycles. The number of amides is 1. The monoisotopic (exact) mass is 299 g/mol. The van der Waals surface area contributed by atoms with E-state index in [2.05, 4.69) is 15.5 Å². The lowest BCUT2D eigenvalue weighted by Gasteiger charge is -1.98. The van der Waals surface area contributed by atoms with Gasteiger partial charge in [-0.1, -0.05) is 28.8 Å². The third-order valence-electron chi connectivity index (χ3n) is 2.31. The highest BCUT2D eigenvalue weighted by atomic mass is 35.5. The Kier molecular flexibility index (Phi) is 4.76. The number of hydrogen-bond donors (Lipinski definition) is 1. The van der Waals surface area contributed by atoms with Gasteiger partial charge in [0.25, 0.3) is 5.89 Å². The summed E-state index contributed by atoms with van der Waals surface area (Å²) < 4.78 is 5.33. The molecule has 0 bridgehead atoms. The van der Waals surface area contributed by atoms with Crippen molar-refractivity contribution < 1.29 is 9.21 Å². The predicted octanol–water partition coefficient (Wildman–Crippen LogP) is 3.35. The van der Waals surface area contributed by atoms with Crippen molar-refractivity contribution in [1.29, 1.82) is 0 Å². The van der Waals surface area contributed by atoms with E-state index in [-0.39, 0.29) is 17.8 Å². The Bertz CT molecular complexity index is 572. The van der Waals surface area contributed by atoms with Gasteiger partial charge in [0, 0.05) is 12.3 Å². The van der Waals surface area contributed by atoms with E-state index < -0.39 is 0 Å². The van der Waals surface area contributed by atoms with E-state index >= 15 is 0 Å². The molecule has 0 aliphatic heterocycles. The van der Waals surface area contributed by atoms with Crippen LogP contribution in [0.3, 0.4) is 0 Å². The average molecular weight is 300 g/mol. The summed E-state index contributed by atoms with van der Waals surface area (Å²) >= 11 is 11.5. The largest absolute Gasteiger partial charge is 0.403 e. The van der Waals surface area contributed by atoms with Gasteiger partial charge in [-0.05, 0) is 18.6 Å².